The van der Waals surface area contributed by atoms with Gasteiger partial charge in [0.25, 0.3) is 5.69 Å². The van der Waals surface area contributed by atoms with Crippen LogP contribution < -0.4 is 9.47 Å². The highest BCUT2D eigenvalue weighted by atomic mass is 16.6. The van der Waals surface area contributed by atoms with Crippen LogP contribution in [0.2, 0.25) is 0 Å². The number of rotatable bonds is 6. The van der Waals surface area contributed by atoms with Crippen molar-refractivity contribution >= 4 is 17.3 Å². The summed E-state index contributed by atoms with van der Waals surface area (Å²) in [4.78, 5) is 10.5. The quantitative estimate of drug-likeness (QED) is 0.336. The number of methoxy groups -OCH3 is 1. The number of para-hydroxylation sites is 1. The zero-order chi connectivity index (χ0) is 18.4. The second kappa shape index (κ2) is 7.97. The van der Waals surface area contributed by atoms with Crippen LogP contribution in [-0.4, -0.2) is 18.1 Å². The van der Waals surface area contributed by atoms with Crippen LogP contribution in [0.3, 0.4) is 0 Å². The van der Waals surface area contributed by atoms with Crippen LogP contribution in [0.25, 0.3) is 11.6 Å². The van der Waals surface area contributed by atoms with Gasteiger partial charge in [-0.05, 0) is 31.6 Å². The number of nitriles is 1. The normalized spacial score (nSPS) is 11.1. The van der Waals surface area contributed by atoms with E-state index in [-0.39, 0.29) is 11.8 Å². The van der Waals surface area contributed by atoms with E-state index >= 15 is 0 Å². The van der Waals surface area contributed by atoms with Gasteiger partial charge in [0.05, 0.1) is 29.8 Å². The Balaban J connectivity index is 2.55. The van der Waals surface area contributed by atoms with Crippen LogP contribution in [0.5, 0.6) is 11.5 Å². The van der Waals surface area contributed by atoms with Crippen molar-refractivity contribution in [2.75, 3.05) is 7.11 Å². The van der Waals surface area contributed by atoms with E-state index in [0.29, 0.717) is 28.2 Å². The fourth-order valence-corrected chi connectivity index (χ4v) is 2.29. The highest BCUT2D eigenvalue weighted by Crippen LogP contribution is 2.34. The lowest BCUT2D eigenvalue weighted by Gasteiger charge is -2.16. The van der Waals surface area contributed by atoms with Crippen molar-refractivity contribution in [1.29, 1.82) is 5.26 Å². The third-order valence-electron chi connectivity index (χ3n) is 3.37. The van der Waals surface area contributed by atoms with E-state index in [1.807, 2.05) is 13.8 Å². The molecular formula is C19H18N2O4. The van der Waals surface area contributed by atoms with Gasteiger partial charge in [-0.1, -0.05) is 24.3 Å². The summed E-state index contributed by atoms with van der Waals surface area (Å²) in [5.74, 6) is 1.08. The average molecular weight is 338 g/mol. The van der Waals surface area contributed by atoms with Gasteiger partial charge in [-0.15, -0.1) is 0 Å². The van der Waals surface area contributed by atoms with Gasteiger partial charge >= 0.3 is 0 Å². The SMILES string of the molecule is COc1cccc(/C=C(\C#N)c2cccc([N+](=O)[O-])c2)c1OC(C)C. The Bertz CT molecular complexity index is 851. The lowest BCUT2D eigenvalue weighted by atomic mass is 10.0. The Kier molecular flexibility index (Phi) is 5.75. The van der Waals surface area contributed by atoms with Crippen LogP contribution in [0, 0.1) is 21.4 Å². The molecule has 25 heavy (non-hydrogen) atoms. The molecule has 0 atom stereocenters. The summed E-state index contributed by atoms with van der Waals surface area (Å²) in [7, 11) is 1.54. The molecular weight excluding hydrogens is 320 g/mol. The van der Waals surface area contributed by atoms with Crippen LogP contribution in [0.1, 0.15) is 25.0 Å². The van der Waals surface area contributed by atoms with Gasteiger partial charge in [0.2, 0.25) is 0 Å². The number of nitro benzene ring substituents is 1. The Morgan fingerprint density at radius 1 is 1.28 bits per heavy atom. The lowest BCUT2D eigenvalue weighted by Crippen LogP contribution is -2.08. The molecule has 0 fully saturated rings. The monoisotopic (exact) mass is 338 g/mol. The van der Waals surface area contributed by atoms with Crippen molar-refractivity contribution in [1.82, 2.24) is 0 Å². The van der Waals surface area contributed by atoms with E-state index < -0.39 is 4.92 Å². The van der Waals surface area contributed by atoms with Crippen molar-refractivity contribution in [2.45, 2.75) is 20.0 Å². The number of benzene rings is 2. The predicted octanol–water partition coefficient (Wildman–Crippen LogP) is 4.45. The molecule has 0 N–H and O–H groups in total. The molecule has 0 unspecified atom stereocenters. The third-order valence-corrected chi connectivity index (χ3v) is 3.37. The number of nitrogens with zero attached hydrogens (tertiary/aromatic N) is 2. The minimum Gasteiger partial charge on any atom is -0.493 e. The summed E-state index contributed by atoms with van der Waals surface area (Å²) in [5.41, 5.74) is 1.36. The zero-order valence-electron chi connectivity index (χ0n) is 14.2. The van der Waals surface area contributed by atoms with Gasteiger partial charge in [-0.3, -0.25) is 10.1 Å². The maximum atomic E-state index is 10.9. The van der Waals surface area contributed by atoms with Gasteiger partial charge in [0.15, 0.2) is 11.5 Å². The van der Waals surface area contributed by atoms with E-state index in [0.717, 1.165) is 0 Å². The summed E-state index contributed by atoms with van der Waals surface area (Å²) in [6.45, 7) is 3.79. The van der Waals surface area contributed by atoms with Gasteiger partial charge < -0.3 is 9.47 Å². The second-order valence-electron chi connectivity index (χ2n) is 5.52. The minimum absolute atomic E-state index is 0.0667. The van der Waals surface area contributed by atoms with E-state index in [9.17, 15) is 15.4 Å². The standard InChI is InChI=1S/C19H18N2O4/c1-13(2)25-19-15(7-5-9-18(19)24-3)10-16(12-20)14-6-4-8-17(11-14)21(22)23/h4-11,13H,1-3H3/b16-10+. The highest BCUT2D eigenvalue weighted by molar-refractivity contribution is 5.91. The average Bonchev–Trinajstić information content (AvgIpc) is 2.60. The molecule has 2 aromatic rings. The molecule has 0 saturated carbocycles. The summed E-state index contributed by atoms with van der Waals surface area (Å²) in [5, 5.41) is 20.5. The maximum Gasteiger partial charge on any atom is 0.270 e. The molecule has 0 bridgehead atoms. The summed E-state index contributed by atoms with van der Waals surface area (Å²) >= 11 is 0. The van der Waals surface area contributed by atoms with Gasteiger partial charge in [-0.25, -0.2) is 0 Å². The number of non-ortho nitro benzene ring substituents is 1. The first-order valence-corrected chi connectivity index (χ1v) is 7.66. The maximum absolute atomic E-state index is 10.9. The van der Waals surface area contributed by atoms with Crippen molar-refractivity contribution < 1.29 is 14.4 Å². The van der Waals surface area contributed by atoms with Crippen molar-refractivity contribution in [3.63, 3.8) is 0 Å². The molecule has 0 amide bonds. The van der Waals surface area contributed by atoms with Crippen LogP contribution >= 0.6 is 0 Å². The molecule has 6 nitrogen and oxygen atoms in total. The first-order valence-electron chi connectivity index (χ1n) is 7.66. The Hall–Kier alpha value is -3.33. The highest BCUT2D eigenvalue weighted by Gasteiger charge is 2.13. The third kappa shape index (κ3) is 4.36. The van der Waals surface area contributed by atoms with E-state index in [2.05, 4.69) is 6.07 Å². The van der Waals surface area contributed by atoms with Gasteiger partial charge in [0.1, 0.15) is 0 Å². The topological polar surface area (TPSA) is 85.4 Å². The number of ether oxygens (including phenoxy) is 2. The number of hydrogen-bond acceptors (Lipinski definition) is 5. The molecule has 0 saturated heterocycles. The Morgan fingerprint density at radius 2 is 2.00 bits per heavy atom. The number of nitro groups is 1. The van der Waals surface area contributed by atoms with Gasteiger partial charge in [-0.2, -0.15) is 5.26 Å². The first kappa shape index (κ1) is 18.0. The smallest absolute Gasteiger partial charge is 0.270 e. The summed E-state index contributed by atoms with van der Waals surface area (Å²) in [6.07, 6.45) is 1.56. The van der Waals surface area contributed by atoms with E-state index in [1.165, 1.54) is 12.1 Å². The minimum atomic E-state index is -0.489. The predicted molar refractivity (Wildman–Crippen MR) is 95.3 cm³/mol. The molecule has 0 aliphatic rings. The molecule has 0 radical (unpaired) electrons. The number of hydrogen-bond donors (Lipinski definition) is 0. The van der Waals surface area contributed by atoms with E-state index in [4.69, 9.17) is 9.47 Å². The summed E-state index contributed by atoms with van der Waals surface area (Å²) < 4.78 is 11.2. The zero-order valence-corrected chi connectivity index (χ0v) is 14.2. The number of allylic oxidation sites excluding steroid dienone is 1. The second-order valence-corrected chi connectivity index (χ2v) is 5.52. The molecule has 2 rings (SSSR count). The van der Waals surface area contributed by atoms with Gasteiger partial charge in [0, 0.05) is 17.7 Å². The Labute approximate surface area is 146 Å². The largest absolute Gasteiger partial charge is 0.493 e. The molecule has 6 heteroatoms. The molecule has 0 spiro atoms. The molecule has 0 aliphatic carbocycles. The Morgan fingerprint density at radius 3 is 2.60 bits per heavy atom. The first-order chi connectivity index (χ1) is 12.0. The lowest BCUT2D eigenvalue weighted by molar-refractivity contribution is -0.384. The fraction of sp³-hybridized carbons (Fsp3) is 0.211. The molecule has 2 aromatic carbocycles. The summed E-state index contributed by atoms with van der Waals surface area (Å²) in [6, 6.07) is 13.4. The molecule has 0 aromatic heterocycles. The molecule has 0 aliphatic heterocycles. The van der Waals surface area contributed by atoms with Crippen LogP contribution in [0.15, 0.2) is 42.5 Å². The molecule has 0 heterocycles. The van der Waals surface area contributed by atoms with Crippen molar-refractivity contribution in [2.24, 2.45) is 0 Å². The van der Waals surface area contributed by atoms with Crippen molar-refractivity contribution in [3.8, 4) is 17.6 Å². The van der Waals surface area contributed by atoms with Crippen LogP contribution in [-0.2, 0) is 0 Å². The molecule has 128 valence electrons. The van der Waals surface area contributed by atoms with Crippen LogP contribution in [0.4, 0.5) is 5.69 Å². The van der Waals surface area contributed by atoms with E-state index in [1.54, 1.807) is 43.5 Å². The fourth-order valence-electron chi connectivity index (χ4n) is 2.29. The van der Waals surface area contributed by atoms with Crippen molar-refractivity contribution in [3.05, 3.63) is 63.7 Å².